The van der Waals surface area contributed by atoms with Gasteiger partial charge in [0.15, 0.2) is 0 Å². The van der Waals surface area contributed by atoms with Gasteiger partial charge in [0, 0.05) is 0 Å². The van der Waals surface area contributed by atoms with Crippen molar-refractivity contribution in [3.05, 3.63) is 82.4 Å². The molecule has 0 N–H and O–H groups in total. The predicted molar refractivity (Wildman–Crippen MR) is 127 cm³/mol. The minimum Gasteiger partial charge on any atom is -0.133 e. The Kier molecular flexibility index (Phi) is 6.64. The molecule has 3 aromatic carbocycles. The van der Waals surface area contributed by atoms with E-state index in [1.807, 2.05) is 0 Å². The van der Waals surface area contributed by atoms with Gasteiger partial charge in [-0.25, -0.2) is 0 Å². The Morgan fingerprint density at radius 3 is 1.69 bits per heavy atom. The lowest BCUT2D eigenvalue weighted by atomic mass is 9.93. The van der Waals surface area contributed by atoms with Crippen LogP contribution >= 0.6 is 27.7 Å². The molecule has 0 saturated heterocycles. The summed E-state index contributed by atoms with van der Waals surface area (Å²) in [4.78, 5) is 0. The van der Waals surface area contributed by atoms with Gasteiger partial charge in [-0.3, -0.25) is 0 Å². The lowest BCUT2D eigenvalue weighted by molar-refractivity contribution is 1.31. The second kappa shape index (κ2) is 8.76. The molecule has 0 fully saturated rings. The summed E-state index contributed by atoms with van der Waals surface area (Å²) in [5, 5.41) is 0. The first-order valence-corrected chi connectivity index (χ1v) is 11.4. The van der Waals surface area contributed by atoms with E-state index in [0.29, 0.717) is 0 Å². The monoisotopic (exact) mass is 396 g/mol. The standard InChI is InChI=1S/C23H27P3/c1-15-5-21(19-3-4-20(14-26)16(2)7-19)11-22(6-15)23-9-17(12-24)8-18(10-23)13-25/h3-11H,12-14,24-26H2,1-2H3. The molecule has 0 aliphatic carbocycles. The molecule has 0 aliphatic heterocycles. The molecule has 0 aliphatic rings. The SMILES string of the molecule is Cc1cc(-c2cc(CP)cc(CP)c2)cc(-c2ccc(CP)c(C)c2)c1. The summed E-state index contributed by atoms with van der Waals surface area (Å²) in [6.45, 7) is 4.39. The maximum Gasteiger partial charge on any atom is -0.0126 e. The van der Waals surface area contributed by atoms with Crippen LogP contribution < -0.4 is 0 Å². The Morgan fingerprint density at radius 2 is 1.15 bits per heavy atom. The minimum atomic E-state index is 0.986. The molecule has 0 amide bonds. The Labute approximate surface area is 164 Å². The molecule has 3 unspecified atom stereocenters. The molecule has 0 aromatic heterocycles. The number of rotatable bonds is 5. The molecule has 3 rings (SSSR count). The maximum absolute atomic E-state index is 2.84. The number of hydrogen-bond donors (Lipinski definition) is 0. The van der Waals surface area contributed by atoms with Crippen LogP contribution in [0.1, 0.15) is 27.8 Å². The van der Waals surface area contributed by atoms with Crippen LogP contribution in [0.3, 0.4) is 0 Å². The zero-order valence-electron chi connectivity index (χ0n) is 15.5. The van der Waals surface area contributed by atoms with Gasteiger partial charge in [0.25, 0.3) is 0 Å². The van der Waals surface area contributed by atoms with Gasteiger partial charge in [-0.1, -0.05) is 48.5 Å². The van der Waals surface area contributed by atoms with Crippen molar-refractivity contribution in [1.29, 1.82) is 0 Å². The van der Waals surface area contributed by atoms with Crippen molar-refractivity contribution in [2.24, 2.45) is 0 Å². The molecule has 3 heteroatoms. The van der Waals surface area contributed by atoms with Crippen molar-refractivity contribution >= 4 is 27.7 Å². The first-order chi connectivity index (χ1) is 12.5. The van der Waals surface area contributed by atoms with E-state index in [-0.39, 0.29) is 0 Å². The van der Waals surface area contributed by atoms with Crippen LogP contribution in [0.25, 0.3) is 22.3 Å². The molecule has 0 saturated carbocycles. The topological polar surface area (TPSA) is 0 Å². The van der Waals surface area contributed by atoms with E-state index in [1.54, 1.807) is 0 Å². The molecule has 0 bridgehead atoms. The summed E-state index contributed by atoms with van der Waals surface area (Å²) in [6.07, 6.45) is 2.98. The molecule has 0 radical (unpaired) electrons. The fourth-order valence-corrected chi connectivity index (χ4v) is 4.32. The summed E-state index contributed by atoms with van der Waals surface area (Å²) in [5.41, 5.74) is 12.0. The third-order valence-electron chi connectivity index (χ3n) is 4.83. The zero-order valence-corrected chi connectivity index (χ0v) is 19.0. The van der Waals surface area contributed by atoms with E-state index in [4.69, 9.17) is 0 Å². The Bertz CT molecular complexity index is 906. The highest BCUT2D eigenvalue weighted by Gasteiger charge is 2.07. The van der Waals surface area contributed by atoms with E-state index >= 15 is 0 Å². The quantitative estimate of drug-likeness (QED) is 0.418. The van der Waals surface area contributed by atoms with Gasteiger partial charge in [-0.2, -0.15) is 0 Å². The largest absolute Gasteiger partial charge is 0.133 e. The van der Waals surface area contributed by atoms with Gasteiger partial charge >= 0.3 is 0 Å². The lowest BCUT2D eigenvalue weighted by Crippen LogP contribution is -1.90. The van der Waals surface area contributed by atoms with Gasteiger partial charge in [-0.05, 0) is 88.5 Å². The van der Waals surface area contributed by atoms with Gasteiger partial charge in [-0.15, -0.1) is 27.7 Å². The molecular formula is C23H27P3. The lowest BCUT2D eigenvalue weighted by Gasteiger charge is -2.12. The summed E-state index contributed by atoms with van der Waals surface area (Å²) in [6, 6.07) is 20.7. The smallest absolute Gasteiger partial charge is 0.0126 e. The number of aryl methyl sites for hydroxylation is 2. The second-order valence-corrected chi connectivity index (χ2v) is 8.10. The summed E-state index contributed by atoms with van der Waals surface area (Å²) >= 11 is 0. The van der Waals surface area contributed by atoms with E-state index in [0.717, 1.165) is 18.5 Å². The van der Waals surface area contributed by atoms with Crippen molar-refractivity contribution in [2.45, 2.75) is 32.3 Å². The van der Waals surface area contributed by atoms with E-state index < -0.39 is 0 Å². The van der Waals surface area contributed by atoms with Crippen LogP contribution in [-0.2, 0) is 18.5 Å². The van der Waals surface area contributed by atoms with Crippen LogP contribution in [0.5, 0.6) is 0 Å². The van der Waals surface area contributed by atoms with Crippen molar-refractivity contribution < 1.29 is 0 Å². The Hall–Kier alpha value is -1.05. The van der Waals surface area contributed by atoms with Crippen LogP contribution in [0, 0.1) is 13.8 Å². The molecule has 3 atom stereocenters. The van der Waals surface area contributed by atoms with Gasteiger partial charge in [0.05, 0.1) is 0 Å². The molecule has 0 nitrogen and oxygen atoms in total. The number of benzene rings is 3. The highest BCUT2D eigenvalue weighted by Crippen LogP contribution is 2.31. The minimum absolute atomic E-state index is 0.986. The first-order valence-electron chi connectivity index (χ1n) is 8.99. The Balaban J connectivity index is 2.10. The Morgan fingerprint density at radius 1 is 0.577 bits per heavy atom. The number of hydrogen-bond acceptors (Lipinski definition) is 0. The van der Waals surface area contributed by atoms with Crippen molar-refractivity contribution in [2.75, 3.05) is 0 Å². The summed E-state index contributed by atoms with van der Waals surface area (Å²) in [7, 11) is 8.50. The van der Waals surface area contributed by atoms with Crippen LogP contribution in [0.15, 0.2) is 54.6 Å². The second-order valence-electron chi connectivity index (χ2n) is 6.88. The van der Waals surface area contributed by atoms with Crippen molar-refractivity contribution in [3.63, 3.8) is 0 Å². The predicted octanol–water partition coefficient (Wildman–Crippen LogP) is 6.76. The normalized spacial score (nSPS) is 11.0. The zero-order chi connectivity index (χ0) is 18.7. The summed E-state index contributed by atoms with van der Waals surface area (Å²) < 4.78 is 0. The van der Waals surface area contributed by atoms with E-state index in [2.05, 4.69) is 96.2 Å². The fourth-order valence-electron chi connectivity index (χ4n) is 3.39. The van der Waals surface area contributed by atoms with Gasteiger partial charge in [0.1, 0.15) is 0 Å². The molecule has 26 heavy (non-hydrogen) atoms. The highest BCUT2D eigenvalue weighted by molar-refractivity contribution is 7.15. The third kappa shape index (κ3) is 4.43. The third-order valence-corrected chi connectivity index (χ3v) is 6.21. The molecule has 3 aromatic rings. The van der Waals surface area contributed by atoms with Gasteiger partial charge < -0.3 is 0 Å². The summed E-state index contributed by atoms with van der Waals surface area (Å²) in [5.74, 6) is 0. The highest BCUT2D eigenvalue weighted by atomic mass is 31.0. The molecule has 0 spiro atoms. The first kappa shape index (κ1) is 19.7. The average Bonchev–Trinajstić information content (AvgIpc) is 2.66. The molecular weight excluding hydrogens is 369 g/mol. The molecule has 0 heterocycles. The van der Waals surface area contributed by atoms with E-state index in [1.165, 1.54) is 50.1 Å². The fraction of sp³-hybridized carbons (Fsp3) is 0.217. The average molecular weight is 396 g/mol. The van der Waals surface area contributed by atoms with Crippen LogP contribution in [0.4, 0.5) is 0 Å². The van der Waals surface area contributed by atoms with E-state index in [9.17, 15) is 0 Å². The van der Waals surface area contributed by atoms with Crippen LogP contribution in [-0.4, -0.2) is 0 Å². The van der Waals surface area contributed by atoms with Crippen molar-refractivity contribution in [1.82, 2.24) is 0 Å². The van der Waals surface area contributed by atoms with Gasteiger partial charge in [0.2, 0.25) is 0 Å². The van der Waals surface area contributed by atoms with Crippen LogP contribution in [0.2, 0.25) is 0 Å². The van der Waals surface area contributed by atoms with Crippen molar-refractivity contribution in [3.8, 4) is 22.3 Å². The molecule has 134 valence electrons. The maximum atomic E-state index is 2.84.